The fourth-order valence-electron chi connectivity index (χ4n) is 4.93. The number of hydrogen-bond acceptors (Lipinski definition) is 9. The molecule has 0 aliphatic heterocycles. The van der Waals surface area contributed by atoms with Crippen molar-refractivity contribution in [2.75, 3.05) is 44.5 Å². The maximum absolute atomic E-state index is 13.8. The fourth-order valence-corrected chi connectivity index (χ4v) is 4.93. The highest BCUT2D eigenvalue weighted by Gasteiger charge is 2.26. The Labute approximate surface area is 288 Å². The van der Waals surface area contributed by atoms with E-state index in [2.05, 4.69) is 5.32 Å². The van der Waals surface area contributed by atoms with Crippen molar-refractivity contribution in [3.63, 3.8) is 0 Å². The van der Waals surface area contributed by atoms with E-state index in [-0.39, 0.29) is 40.6 Å². The number of methoxy groups -OCH3 is 1. The number of aryl methyl sites for hydroxylation is 1. The molecule has 0 aromatic heterocycles. The molecule has 0 aliphatic carbocycles. The van der Waals surface area contributed by atoms with Crippen LogP contribution < -0.4 is 35.9 Å². The van der Waals surface area contributed by atoms with Gasteiger partial charge in [0.1, 0.15) is 17.1 Å². The van der Waals surface area contributed by atoms with Crippen LogP contribution in [0.1, 0.15) is 84.7 Å². The van der Waals surface area contributed by atoms with Crippen molar-refractivity contribution in [3.8, 4) is 17.2 Å². The van der Waals surface area contributed by atoms with Gasteiger partial charge in [0.05, 0.1) is 48.4 Å². The SMILES string of the molecule is COc1c(C(=O)c2ccccc2OCCCNC(=O)OC(C)(C)C)ccc(C(=O)N(C)c2ccc(C)cc2OCCCCCC(N)=O)c1N. The smallest absolute Gasteiger partial charge is 0.407 e. The van der Waals surface area contributed by atoms with Crippen LogP contribution in [0.25, 0.3) is 0 Å². The molecule has 3 aromatic rings. The van der Waals surface area contributed by atoms with E-state index in [1.54, 1.807) is 58.2 Å². The summed E-state index contributed by atoms with van der Waals surface area (Å²) in [5.41, 5.74) is 13.2. The summed E-state index contributed by atoms with van der Waals surface area (Å²) in [6, 6.07) is 15.3. The molecule has 0 saturated carbocycles. The number of nitrogens with two attached hydrogens (primary N) is 2. The largest absolute Gasteiger partial charge is 0.494 e. The first-order valence-electron chi connectivity index (χ1n) is 16.2. The number of ketones is 1. The Balaban J connectivity index is 1.74. The first-order chi connectivity index (χ1) is 23.2. The molecule has 49 heavy (non-hydrogen) atoms. The van der Waals surface area contributed by atoms with Gasteiger partial charge in [-0.05, 0) is 95.3 Å². The van der Waals surface area contributed by atoms with Gasteiger partial charge in [-0.3, -0.25) is 14.4 Å². The number of carbonyl (C=O) groups excluding carboxylic acids is 4. The molecule has 0 aliphatic rings. The van der Waals surface area contributed by atoms with E-state index >= 15 is 0 Å². The Bertz CT molecular complexity index is 1630. The molecule has 3 amide bonds. The predicted molar refractivity (Wildman–Crippen MR) is 189 cm³/mol. The molecular weight excluding hydrogens is 628 g/mol. The van der Waals surface area contributed by atoms with E-state index in [0.717, 1.165) is 18.4 Å². The van der Waals surface area contributed by atoms with E-state index in [1.165, 1.54) is 24.1 Å². The highest BCUT2D eigenvalue weighted by atomic mass is 16.6. The lowest BCUT2D eigenvalue weighted by atomic mass is 9.98. The minimum Gasteiger partial charge on any atom is -0.494 e. The summed E-state index contributed by atoms with van der Waals surface area (Å²) in [7, 11) is 3.00. The topological polar surface area (TPSA) is 173 Å². The third kappa shape index (κ3) is 11.2. The lowest BCUT2D eigenvalue weighted by Crippen LogP contribution is -2.33. The number of unbranched alkanes of at least 4 members (excludes halogenated alkanes) is 2. The highest BCUT2D eigenvalue weighted by molar-refractivity contribution is 6.16. The van der Waals surface area contributed by atoms with E-state index in [4.69, 9.17) is 30.4 Å². The Morgan fingerprint density at radius 3 is 2.20 bits per heavy atom. The van der Waals surface area contributed by atoms with Gasteiger partial charge in [0.25, 0.3) is 5.91 Å². The average molecular weight is 677 g/mol. The number of carbonyl (C=O) groups is 4. The third-order valence-corrected chi connectivity index (χ3v) is 7.36. The highest BCUT2D eigenvalue weighted by Crippen LogP contribution is 2.36. The maximum Gasteiger partial charge on any atom is 0.407 e. The Kier molecular flexibility index (Phi) is 13.8. The first kappa shape index (κ1) is 38.2. The zero-order chi connectivity index (χ0) is 36.1. The summed E-state index contributed by atoms with van der Waals surface area (Å²) in [6.07, 6.45) is 2.48. The number of anilines is 2. The second-order valence-electron chi connectivity index (χ2n) is 12.5. The lowest BCUT2D eigenvalue weighted by molar-refractivity contribution is -0.118. The van der Waals surface area contributed by atoms with Gasteiger partial charge in [-0.25, -0.2) is 4.79 Å². The minimum atomic E-state index is -0.596. The van der Waals surface area contributed by atoms with E-state index in [9.17, 15) is 19.2 Å². The maximum atomic E-state index is 13.8. The molecule has 264 valence electrons. The molecule has 3 aromatic carbocycles. The Hall–Kier alpha value is -5.26. The zero-order valence-electron chi connectivity index (χ0n) is 29.2. The Morgan fingerprint density at radius 1 is 0.837 bits per heavy atom. The molecule has 3 rings (SSSR count). The summed E-state index contributed by atoms with van der Waals surface area (Å²) in [4.78, 5) is 51.9. The monoisotopic (exact) mass is 676 g/mol. The van der Waals surface area contributed by atoms with Crippen molar-refractivity contribution in [1.82, 2.24) is 5.32 Å². The molecule has 0 saturated heterocycles. The second kappa shape index (κ2) is 17.8. The van der Waals surface area contributed by atoms with Crippen LogP contribution in [0.4, 0.5) is 16.2 Å². The van der Waals surface area contributed by atoms with E-state index in [1.807, 2.05) is 19.1 Å². The molecule has 0 fully saturated rings. The summed E-state index contributed by atoms with van der Waals surface area (Å²) >= 11 is 0. The molecule has 0 spiro atoms. The van der Waals surface area contributed by atoms with Crippen molar-refractivity contribution in [3.05, 3.63) is 76.9 Å². The molecule has 5 N–H and O–H groups in total. The van der Waals surface area contributed by atoms with Gasteiger partial charge in [-0.2, -0.15) is 0 Å². The van der Waals surface area contributed by atoms with Crippen LogP contribution >= 0.6 is 0 Å². The normalized spacial score (nSPS) is 11.0. The number of nitrogens with one attached hydrogen (secondary N) is 1. The number of benzene rings is 3. The van der Waals surface area contributed by atoms with Gasteiger partial charge in [-0.1, -0.05) is 18.2 Å². The molecule has 0 radical (unpaired) electrons. The van der Waals surface area contributed by atoms with Crippen LogP contribution in [-0.2, 0) is 9.53 Å². The van der Waals surface area contributed by atoms with Crippen LogP contribution in [0.5, 0.6) is 17.2 Å². The second-order valence-corrected chi connectivity index (χ2v) is 12.5. The van der Waals surface area contributed by atoms with Crippen LogP contribution in [0, 0.1) is 6.92 Å². The van der Waals surface area contributed by atoms with Crippen molar-refractivity contribution in [2.45, 2.75) is 65.4 Å². The third-order valence-electron chi connectivity index (χ3n) is 7.36. The minimum absolute atomic E-state index is 0.0147. The van der Waals surface area contributed by atoms with Crippen molar-refractivity contribution in [2.24, 2.45) is 5.73 Å². The summed E-state index contributed by atoms with van der Waals surface area (Å²) < 4.78 is 22.8. The van der Waals surface area contributed by atoms with Gasteiger partial charge >= 0.3 is 6.09 Å². The van der Waals surface area contributed by atoms with Crippen LogP contribution in [0.2, 0.25) is 0 Å². The standard InChI is InChI=1S/C37H48N4O8/c1-24-16-19-28(30(23-24)48-21-11-7-8-15-31(38)42)41(5)35(44)26-17-18-27(34(46-6)32(26)39)33(43)25-13-9-10-14-29(25)47-22-12-20-40-36(45)49-37(2,3)4/h9-10,13-14,16-19,23H,7-8,11-12,15,20-22,39H2,1-6H3,(H2,38,42)(H,40,45). The number of rotatable bonds is 17. The fraction of sp³-hybridized carbons (Fsp3) is 0.405. The van der Waals surface area contributed by atoms with Gasteiger partial charge in [-0.15, -0.1) is 0 Å². The number of alkyl carbamates (subject to hydrolysis) is 1. The molecule has 0 heterocycles. The average Bonchev–Trinajstić information content (AvgIpc) is 3.04. The lowest BCUT2D eigenvalue weighted by Gasteiger charge is -2.23. The first-order valence-corrected chi connectivity index (χ1v) is 16.2. The number of hydrogen-bond donors (Lipinski definition) is 3. The predicted octanol–water partition coefficient (Wildman–Crippen LogP) is 5.81. The number of ether oxygens (including phenoxy) is 4. The number of primary amides is 1. The number of nitrogen functional groups attached to an aromatic ring is 1. The number of para-hydroxylation sites is 1. The van der Waals surface area contributed by atoms with Crippen molar-refractivity contribution in [1.29, 1.82) is 0 Å². The summed E-state index contributed by atoms with van der Waals surface area (Å²) in [5.74, 6) is -0.202. The van der Waals surface area contributed by atoms with E-state index in [0.29, 0.717) is 49.6 Å². The zero-order valence-corrected chi connectivity index (χ0v) is 29.2. The quantitative estimate of drug-likeness (QED) is 0.0906. The van der Waals surface area contributed by atoms with Gasteiger partial charge in [0, 0.05) is 20.0 Å². The number of amides is 3. The van der Waals surface area contributed by atoms with Gasteiger partial charge < -0.3 is 40.6 Å². The molecule has 0 bridgehead atoms. The molecule has 12 nitrogen and oxygen atoms in total. The summed E-state index contributed by atoms with van der Waals surface area (Å²) in [6.45, 7) is 8.25. The van der Waals surface area contributed by atoms with Crippen molar-refractivity contribution >= 4 is 35.1 Å². The van der Waals surface area contributed by atoms with Gasteiger partial charge in [0.2, 0.25) is 11.7 Å². The van der Waals surface area contributed by atoms with E-state index < -0.39 is 23.4 Å². The number of nitrogens with zero attached hydrogens (tertiary/aromatic N) is 1. The van der Waals surface area contributed by atoms with Crippen LogP contribution in [0.3, 0.4) is 0 Å². The molecule has 0 unspecified atom stereocenters. The van der Waals surface area contributed by atoms with Gasteiger partial charge in [0.15, 0.2) is 5.75 Å². The Morgan fingerprint density at radius 2 is 1.51 bits per heavy atom. The molecular formula is C37H48N4O8. The molecule has 0 atom stereocenters. The van der Waals surface area contributed by atoms with Crippen LogP contribution in [-0.4, -0.2) is 63.2 Å². The molecule has 12 heteroatoms. The summed E-state index contributed by atoms with van der Waals surface area (Å²) in [5, 5.41) is 2.68. The van der Waals surface area contributed by atoms with Crippen molar-refractivity contribution < 1.29 is 38.1 Å². The van der Waals surface area contributed by atoms with Crippen LogP contribution in [0.15, 0.2) is 54.6 Å².